The first-order chi connectivity index (χ1) is 9.83. The van der Waals surface area contributed by atoms with Gasteiger partial charge in [0.15, 0.2) is 9.84 Å². The maximum Gasteiger partial charge on any atom is 0.182 e. The predicted molar refractivity (Wildman–Crippen MR) is 83.2 cm³/mol. The van der Waals surface area contributed by atoms with Gasteiger partial charge in [-0.1, -0.05) is 29.3 Å². The summed E-state index contributed by atoms with van der Waals surface area (Å²) >= 11 is 11.7. The summed E-state index contributed by atoms with van der Waals surface area (Å²) in [5.41, 5.74) is 1.92. The fraction of sp³-hybridized carbons (Fsp3) is 0.133. The molecule has 0 aliphatic carbocycles. The van der Waals surface area contributed by atoms with E-state index in [0.29, 0.717) is 16.1 Å². The van der Waals surface area contributed by atoms with Gasteiger partial charge < -0.3 is 0 Å². The molecule has 0 saturated heterocycles. The second-order valence-electron chi connectivity index (χ2n) is 4.59. The highest BCUT2D eigenvalue weighted by molar-refractivity contribution is 7.90. The first kappa shape index (κ1) is 15.8. The van der Waals surface area contributed by atoms with Crippen LogP contribution in [-0.2, 0) is 15.6 Å². The van der Waals surface area contributed by atoms with Crippen LogP contribution in [0.1, 0.15) is 16.7 Å². The Balaban J connectivity index is 2.37. The molecule has 108 valence electrons. The molecule has 0 radical (unpaired) electrons. The van der Waals surface area contributed by atoms with Gasteiger partial charge in [0.1, 0.15) is 0 Å². The molecule has 0 unspecified atom stereocenters. The molecule has 0 bridgehead atoms. The second kappa shape index (κ2) is 6.07. The Bertz CT molecular complexity index is 839. The highest BCUT2D eigenvalue weighted by atomic mass is 35.5. The largest absolute Gasteiger partial charge is 0.223 e. The van der Waals surface area contributed by atoms with Crippen LogP contribution in [0.2, 0.25) is 10.0 Å². The third kappa shape index (κ3) is 3.56. The summed E-state index contributed by atoms with van der Waals surface area (Å²) in [6, 6.07) is 11.2. The Morgan fingerprint density at radius 2 is 1.81 bits per heavy atom. The third-order valence-electron chi connectivity index (χ3n) is 3.07. The quantitative estimate of drug-likeness (QED) is 0.843. The second-order valence-corrected chi connectivity index (χ2v) is 7.39. The number of sulfone groups is 1. The fourth-order valence-corrected chi connectivity index (χ4v) is 3.72. The molecule has 0 N–H and O–H groups in total. The van der Waals surface area contributed by atoms with E-state index in [1.807, 2.05) is 6.07 Å². The summed E-state index contributed by atoms with van der Waals surface area (Å²) in [7, 11) is -3.52. The maximum absolute atomic E-state index is 12.4. The topological polar surface area (TPSA) is 57.9 Å². The Morgan fingerprint density at radius 3 is 2.38 bits per heavy atom. The zero-order chi connectivity index (χ0) is 15.6. The minimum absolute atomic E-state index is 0.126. The Morgan fingerprint density at radius 1 is 1.10 bits per heavy atom. The van der Waals surface area contributed by atoms with Crippen molar-refractivity contribution in [3.8, 4) is 6.07 Å². The molecule has 2 rings (SSSR count). The van der Waals surface area contributed by atoms with E-state index in [9.17, 15) is 8.42 Å². The highest BCUT2D eigenvalue weighted by Gasteiger charge is 2.18. The number of nitriles is 1. The number of rotatable bonds is 3. The van der Waals surface area contributed by atoms with Crippen molar-refractivity contribution in [1.29, 1.82) is 5.26 Å². The standard InChI is InChI=1S/C15H11Cl2NO2S/c1-10-6-11(8-18)2-3-12(10)9-21(19,20)13-4-5-14(16)15(17)7-13/h2-7H,9H2,1H3. The molecule has 2 aromatic carbocycles. The van der Waals surface area contributed by atoms with Crippen LogP contribution < -0.4 is 0 Å². The molecule has 0 aliphatic rings. The average molecular weight is 340 g/mol. The summed E-state index contributed by atoms with van der Waals surface area (Å²) in [5.74, 6) is -0.150. The molecule has 0 aliphatic heterocycles. The molecule has 0 heterocycles. The zero-order valence-electron chi connectivity index (χ0n) is 11.1. The molecule has 0 aromatic heterocycles. The van der Waals surface area contributed by atoms with E-state index in [1.165, 1.54) is 18.2 Å². The van der Waals surface area contributed by atoms with Crippen LogP contribution in [0.3, 0.4) is 0 Å². The van der Waals surface area contributed by atoms with Crippen LogP contribution in [0.5, 0.6) is 0 Å². The highest BCUT2D eigenvalue weighted by Crippen LogP contribution is 2.27. The first-order valence-corrected chi connectivity index (χ1v) is 8.42. The summed E-state index contributed by atoms with van der Waals surface area (Å²) in [6.45, 7) is 1.78. The van der Waals surface area contributed by atoms with Crippen molar-refractivity contribution in [3.63, 3.8) is 0 Å². The lowest BCUT2D eigenvalue weighted by molar-refractivity contribution is 0.595. The van der Waals surface area contributed by atoms with Crippen LogP contribution in [0.25, 0.3) is 0 Å². The monoisotopic (exact) mass is 339 g/mol. The van der Waals surface area contributed by atoms with Crippen molar-refractivity contribution in [2.24, 2.45) is 0 Å². The normalized spacial score (nSPS) is 11.1. The van der Waals surface area contributed by atoms with Gasteiger partial charge in [0.25, 0.3) is 0 Å². The number of halogens is 2. The van der Waals surface area contributed by atoms with E-state index in [0.717, 1.165) is 5.56 Å². The van der Waals surface area contributed by atoms with Crippen LogP contribution in [0.4, 0.5) is 0 Å². The van der Waals surface area contributed by atoms with E-state index in [2.05, 4.69) is 0 Å². The number of nitrogens with zero attached hydrogens (tertiary/aromatic N) is 1. The number of hydrogen-bond donors (Lipinski definition) is 0. The summed E-state index contributed by atoms with van der Waals surface area (Å²) in [4.78, 5) is 0.126. The van der Waals surface area contributed by atoms with E-state index in [-0.39, 0.29) is 15.7 Å². The molecule has 3 nitrogen and oxygen atoms in total. The lowest BCUT2D eigenvalue weighted by Crippen LogP contribution is -2.06. The molecule has 2 aromatic rings. The van der Waals surface area contributed by atoms with Gasteiger partial charge in [0, 0.05) is 0 Å². The molecule has 6 heteroatoms. The predicted octanol–water partition coefficient (Wildman–Crippen LogP) is 4.15. The maximum atomic E-state index is 12.4. The van der Waals surface area contributed by atoms with E-state index < -0.39 is 9.84 Å². The molecule has 0 amide bonds. The summed E-state index contributed by atoms with van der Waals surface area (Å²) < 4.78 is 24.8. The Labute approximate surface area is 133 Å². The first-order valence-electron chi connectivity index (χ1n) is 6.01. The Hall–Kier alpha value is -1.54. The van der Waals surface area contributed by atoms with Gasteiger partial charge in [-0.05, 0) is 48.4 Å². The van der Waals surface area contributed by atoms with Crippen molar-refractivity contribution in [2.75, 3.05) is 0 Å². The molecule has 0 fully saturated rings. The summed E-state index contributed by atoms with van der Waals surface area (Å²) in [6.07, 6.45) is 0. The van der Waals surface area contributed by atoms with Crippen LogP contribution in [0.15, 0.2) is 41.3 Å². The van der Waals surface area contributed by atoms with E-state index in [4.69, 9.17) is 28.5 Å². The van der Waals surface area contributed by atoms with Crippen molar-refractivity contribution < 1.29 is 8.42 Å². The minimum atomic E-state index is -3.52. The van der Waals surface area contributed by atoms with Gasteiger partial charge in [-0.2, -0.15) is 5.26 Å². The number of hydrogen-bond acceptors (Lipinski definition) is 3. The molecule has 21 heavy (non-hydrogen) atoms. The summed E-state index contributed by atoms with van der Waals surface area (Å²) in [5, 5.41) is 9.34. The number of aryl methyl sites for hydroxylation is 1. The fourth-order valence-electron chi connectivity index (χ4n) is 1.89. The van der Waals surface area contributed by atoms with Gasteiger partial charge in [0.05, 0.1) is 32.3 Å². The van der Waals surface area contributed by atoms with Crippen molar-refractivity contribution >= 4 is 33.0 Å². The van der Waals surface area contributed by atoms with Crippen molar-refractivity contribution in [1.82, 2.24) is 0 Å². The lowest BCUT2D eigenvalue weighted by Gasteiger charge is -2.08. The smallest absolute Gasteiger partial charge is 0.182 e. The molecule has 0 saturated carbocycles. The van der Waals surface area contributed by atoms with Crippen LogP contribution in [0, 0.1) is 18.3 Å². The lowest BCUT2D eigenvalue weighted by atomic mass is 10.1. The average Bonchev–Trinajstić information content (AvgIpc) is 2.43. The minimum Gasteiger partial charge on any atom is -0.223 e. The van der Waals surface area contributed by atoms with Gasteiger partial charge in [-0.15, -0.1) is 0 Å². The Kier molecular flexibility index (Phi) is 4.58. The third-order valence-corrected chi connectivity index (χ3v) is 5.47. The molecule has 0 atom stereocenters. The van der Waals surface area contributed by atoms with Gasteiger partial charge in [-0.3, -0.25) is 0 Å². The van der Waals surface area contributed by atoms with Crippen LogP contribution in [-0.4, -0.2) is 8.42 Å². The van der Waals surface area contributed by atoms with Gasteiger partial charge in [-0.25, -0.2) is 8.42 Å². The SMILES string of the molecule is Cc1cc(C#N)ccc1CS(=O)(=O)c1ccc(Cl)c(Cl)c1. The number of benzene rings is 2. The van der Waals surface area contributed by atoms with E-state index in [1.54, 1.807) is 25.1 Å². The van der Waals surface area contributed by atoms with Crippen molar-refractivity contribution in [2.45, 2.75) is 17.6 Å². The van der Waals surface area contributed by atoms with Crippen molar-refractivity contribution in [3.05, 3.63) is 63.1 Å². The molecular weight excluding hydrogens is 329 g/mol. The van der Waals surface area contributed by atoms with Crippen LogP contribution >= 0.6 is 23.2 Å². The zero-order valence-corrected chi connectivity index (χ0v) is 13.4. The van der Waals surface area contributed by atoms with E-state index >= 15 is 0 Å². The molecule has 0 spiro atoms. The van der Waals surface area contributed by atoms with Gasteiger partial charge >= 0.3 is 0 Å². The van der Waals surface area contributed by atoms with Gasteiger partial charge in [0.2, 0.25) is 0 Å². The molecular formula is C15H11Cl2NO2S.